The van der Waals surface area contributed by atoms with E-state index in [-0.39, 0.29) is 0 Å². The van der Waals surface area contributed by atoms with Crippen LogP contribution in [0.2, 0.25) is 0 Å². The van der Waals surface area contributed by atoms with Gasteiger partial charge >= 0.3 is 0 Å². The van der Waals surface area contributed by atoms with Crippen LogP contribution in [0.5, 0.6) is 0 Å². The first-order chi connectivity index (χ1) is 8.59. The Morgan fingerprint density at radius 1 is 0.667 bits per heavy atom. The van der Waals surface area contributed by atoms with E-state index in [1.54, 1.807) is 6.42 Å². The second-order valence-corrected chi connectivity index (χ2v) is 7.78. The molecule has 0 aromatic carbocycles. The second-order valence-electron chi connectivity index (χ2n) is 7.78. The van der Waals surface area contributed by atoms with E-state index in [0.717, 1.165) is 35.5 Å². The van der Waals surface area contributed by atoms with Gasteiger partial charge in [-0.3, -0.25) is 0 Å². The van der Waals surface area contributed by atoms with E-state index < -0.39 is 0 Å². The van der Waals surface area contributed by atoms with Crippen molar-refractivity contribution in [2.45, 2.75) is 79.1 Å². The highest BCUT2D eigenvalue weighted by Crippen LogP contribution is 2.46. The number of rotatable bonds is 3. The predicted octanol–water partition coefficient (Wildman–Crippen LogP) is 5.91. The molecule has 2 atom stereocenters. The standard InChI is InChI=1S/C18H34/c1-13(2)15-9-11-16(12-10-15)18-8-6-5-7-17(18)14(3)4/h13-18H,5-12H2,1-4H3. The van der Waals surface area contributed by atoms with Gasteiger partial charge in [0.25, 0.3) is 0 Å². The molecule has 2 saturated carbocycles. The number of hydrogen-bond donors (Lipinski definition) is 0. The molecule has 2 aliphatic carbocycles. The van der Waals surface area contributed by atoms with Crippen molar-refractivity contribution in [1.29, 1.82) is 0 Å². The highest BCUT2D eigenvalue weighted by atomic mass is 14.4. The average molecular weight is 250 g/mol. The summed E-state index contributed by atoms with van der Waals surface area (Å²) in [7, 11) is 0. The third-order valence-electron chi connectivity index (χ3n) is 6.10. The fourth-order valence-corrected chi connectivity index (χ4v) is 4.84. The summed E-state index contributed by atoms with van der Waals surface area (Å²) in [6.45, 7) is 9.76. The molecule has 0 N–H and O–H groups in total. The lowest BCUT2D eigenvalue weighted by molar-refractivity contribution is 0.0782. The summed E-state index contributed by atoms with van der Waals surface area (Å²) >= 11 is 0. The summed E-state index contributed by atoms with van der Waals surface area (Å²) < 4.78 is 0. The summed E-state index contributed by atoms with van der Waals surface area (Å²) in [6.07, 6.45) is 12.2. The van der Waals surface area contributed by atoms with E-state index in [0.29, 0.717) is 0 Å². The van der Waals surface area contributed by atoms with Gasteiger partial charge in [-0.2, -0.15) is 0 Å². The van der Waals surface area contributed by atoms with Gasteiger partial charge in [-0.1, -0.05) is 40.5 Å². The molecule has 106 valence electrons. The van der Waals surface area contributed by atoms with Gasteiger partial charge < -0.3 is 0 Å². The van der Waals surface area contributed by atoms with Crippen molar-refractivity contribution in [3.8, 4) is 0 Å². The molecule has 0 radical (unpaired) electrons. The van der Waals surface area contributed by atoms with Crippen LogP contribution < -0.4 is 0 Å². The Balaban J connectivity index is 1.91. The molecule has 0 nitrogen and oxygen atoms in total. The van der Waals surface area contributed by atoms with Gasteiger partial charge in [-0.15, -0.1) is 0 Å². The van der Waals surface area contributed by atoms with Crippen LogP contribution in [0.4, 0.5) is 0 Å². The zero-order valence-corrected chi connectivity index (χ0v) is 13.1. The molecule has 0 amide bonds. The maximum absolute atomic E-state index is 2.46. The smallest absolute Gasteiger partial charge is 0.0355 e. The lowest BCUT2D eigenvalue weighted by Crippen LogP contribution is -2.33. The first-order valence-electron chi connectivity index (χ1n) is 8.59. The normalized spacial score (nSPS) is 38.3. The zero-order chi connectivity index (χ0) is 13.1. The highest BCUT2D eigenvalue weighted by molar-refractivity contribution is 4.86. The van der Waals surface area contributed by atoms with Crippen LogP contribution in [0.15, 0.2) is 0 Å². The predicted molar refractivity (Wildman–Crippen MR) is 80.6 cm³/mol. The third-order valence-corrected chi connectivity index (χ3v) is 6.10. The van der Waals surface area contributed by atoms with E-state index in [1.807, 2.05) is 0 Å². The van der Waals surface area contributed by atoms with E-state index >= 15 is 0 Å². The molecule has 0 spiro atoms. The van der Waals surface area contributed by atoms with Crippen molar-refractivity contribution in [2.24, 2.45) is 35.5 Å². The van der Waals surface area contributed by atoms with Gasteiger partial charge in [0.1, 0.15) is 0 Å². The van der Waals surface area contributed by atoms with Crippen LogP contribution in [0.1, 0.15) is 79.1 Å². The Bertz CT molecular complexity index is 232. The minimum atomic E-state index is 0.915. The monoisotopic (exact) mass is 250 g/mol. The van der Waals surface area contributed by atoms with Crippen LogP contribution in [0.25, 0.3) is 0 Å². The Kier molecular flexibility index (Phi) is 5.15. The molecule has 2 aliphatic rings. The van der Waals surface area contributed by atoms with Crippen molar-refractivity contribution in [1.82, 2.24) is 0 Å². The molecule has 0 heteroatoms. The topological polar surface area (TPSA) is 0 Å². The molecule has 2 rings (SSSR count). The zero-order valence-electron chi connectivity index (χ0n) is 13.1. The van der Waals surface area contributed by atoms with Gasteiger partial charge in [-0.25, -0.2) is 0 Å². The molecule has 0 aromatic heterocycles. The maximum Gasteiger partial charge on any atom is -0.0355 e. The quantitative estimate of drug-likeness (QED) is 0.584. The molecule has 2 unspecified atom stereocenters. The Morgan fingerprint density at radius 2 is 1.28 bits per heavy atom. The second kappa shape index (κ2) is 6.44. The van der Waals surface area contributed by atoms with Gasteiger partial charge in [0, 0.05) is 0 Å². The molecule has 0 saturated heterocycles. The Hall–Kier alpha value is 0. The van der Waals surface area contributed by atoms with E-state index in [1.165, 1.54) is 44.9 Å². The SMILES string of the molecule is CC(C)C1CCC(C2CCCCC2C(C)C)CC1. The fourth-order valence-electron chi connectivity index (χ4n) is 4.84. The Morgan fingerprint density at radius 3 is 1.83 bits per heavy atom. The molecular weight excluding hydrogens is 216 g/mol. The van der Waals surface area contributed by atoms with Gasteiger partial charge in [0.2, 0.25) is 0 Å². The molecule has 0 heterocycles. The van der Waals surface area contributed by atoms with E-state index in [4.69, 9.17) is 0 Å². The van der Waals surface area contributed by atoms with Crippen molar-refractivity contribution in [2.75, 3.05) is 0 Å². The van der Waals surface area contributed by atoms with Crippen LogP contribution in [0, 0.1) is 35.5 Å². The van der Waals surface area contributed by atoms with E-state index in [2.05, 4.69) is 27.7 Å². The van der Waals surface area contributed by atoms with Crippen LogP contribution >= 0.6 is 0 Å². The maximum atomic E-state index is 2.46. The summed E-state index contributed by atoms with van der Waals surface area (Å²) in [4.78, 5) is 0. The minimum Gasteiger partial charge on any atom is -0.0625 e. The summed E-state index contributed by atoms with van der Waals surface area (Å²) in [5, 5.41) is 0. The summed E-state index contributed by atoms with van der Waals surface area (Å²) in [5.74, 6) is 6.05. The average Bonchev–Trinajstić information content (AvgIpc) is 2.39. The molecule has 18 heavy (non-hydrogen) atoms. The van der Waals surface area contributed by atoms with Crippen LogP contribution in [-0.2, 0) is 0 Å². The molecular formula is C18H34. The first-order valence-corrected chi connectivity index (χ1v) is 8.59. The van der Waals surface area contributed by atoms with Gasteiger partial charge in [-0.05, 0) is 74.0 Å². The first kappa shape index (κ1) is 14.4. The summed E-state index contributed by atoms with van der Waals surface area (Å²) in [6, 6.07) is 0. The summed E-state index contributed by atoms with van der Waals surface area (Å²) in [5.41, 5.74) is 0. The highest BCUT2D eigenvalue weighted by Gasteiger charge is 2.35. The van der Waals surface area contributed by atoms with Crippen molar-refractivity contribution in [3.63, 3.8) is 0 Å². The molecule has 0 aromatic rings. The fraction of sp³-hybridized carbons (Fsp3) is 1.00. The molecule has 2 fully saturated rings. The van der Waals surface area contributed by atoms with Crippen LogP contribution in [0.3, 0.4) is 0 Å². The molecule has 0 aliphatic heterocycles. The lowest BCUT2D eigenvalue weighted by Gasteiger charge is -2.43. The van der Waals surface area contributed by atoms with Crippen LogP contribution in [-0.4, -0.2) is 0 Å². The van der Waals surface area contributed by atoms with E-state index in [9.17, 15) is 0 Å². The van der Waals surface area contributed by atoms with Crippen molar-refractivity contribution in [3.05, 3.63) is 0 Å². The third kappa shape index (κ3) is 3.31. The largest absolute Gasteiger partial charge is 0.0625 e. The van der Waals surface area contributed by atoms with Crippen molar-refractivity contribution >= 4 is 0 Å². The van der Waals surface area contributed by atoms with Crippen molar-refractivity contribution < 1.29 is 0 Å². The van der Waals surface area contributed by atoms with Gasteiger partial charge in [0.15, 0.2) is 0 Å². The number of hydrogen-bond acceptors (Lipinski definition) is 0. The minimum absolute atomic E-state index is 0.915. The lowest BCUT2D eigenvalue weighted by atomic mass is 9.63. The molecule has 0 bridgehead atoms. The van der Waals surface area contributed by atoms with Gasteiger partial charge in [0.05, 0.1) is 0 Å². The Labute approximate surface area is 115 Å².